The molecule has 1 unspecified atom stereocenters. The fraction of sp³-hybridized carbons (Fsp3) is 0.778. The van der Waals surface area contributed by atoms with Crippen LogP contribution in [0.25, 0.3) is 0 Å². The zero-order chi connectivity index (χ0) is 11.3. The van der Waals surface area contributed by atoms with Gasteiger partial charge in [-0.2, -0.15) is 0 Å². The number of piperidine rings is 1. The molecule has 1 saturated heterocycles. The predicted molar refractivity (Wildman–Crippen MR) is 51.8 cm³/mol. The van der Waals surface area contributed by atoms with Crippen LogP contribution in [0.3, 0.4) is 0 Å². The maximum atomic E-state index is 11.5. The quantitative estimate of drug-likeness (QED) is 0.436. The van der Waals surface area contributed by atoms with Crippen molar-refractivity contribution in [1.82, 2.24) is 10.6 Å². The summed E-state index contributed by atoms with van der Waals surface area (Å²) in [5.74, 6) is -0.536. The summed E-state index contributed by atoms with van der Waals surface area (Å²) < 4.78 is 0. The van der Waals surface area contributed by atoms with Crippen molar-refractivity contribution in [1.29, 1.82) is 0 Å². The molecule has 86 valence electrons. The third-order valence-corrected chi connectivity index (χ3v) is 2.42. The van der Waals surface area contributed by atoms with E-state index < -0.39 is 6.04 Å². The highest BCUT2D eigenvalue weighted by molar-refractivity contribution is 5.83. The molecule has 1 fully saturated rings. The highest BCUT2D eigenvalue weighted by Crippen LogP contribution is 2.10. The van der Waals surface area contributed by atoms with Crippen LogP contribution >= 0.6 is 0 Å². The van der Waals surface area contributed by atoms with Crippen LogP contribution < -0.4 is 10.6 Å². The molecule has 0 radical (unpaired) electrons. The van der Waals surface area contributed by atoms with Crippen molar-refractivity contribution in [2.75, 3.05) is 19.8 Å². The summed E-state index contributed by atoms with van der Waals surface area (Å²) in [5.41, 5.74) is 0. The van der Waals surface area contributed by atoms with Gasteiger partial charge < -0.3 is 20.8 Å². The Hall–Kier alpha value is -1.14. The number of carbonyl (C=O) groups is 2. The van der Waals surface area contributed by atoms with Crippen LogP contribution in [0, 0.1) is 5.92 Å². The molecule has 15 heavy (non-hydrogen) atoms. The molecule has 0 aromatic carbocycles. The first-order valence-corrected chi connectivity index (χ1v) is 4.96. The Morgan fingerprint density at radius 1 is 1.53 bits per heavy atom. The number of hydrogen-bond acceptors (Lipinski definition) is 4. The van der Waals surface area contributed by atoms with E-state index in [9.17, 15) is 9.59 Å². The second-order valence-electron chi connectivity index (χ2n) is 3.61. The van der Waals surface area contributed by atoms with Crippen molar-refractivity contribution in [2.45, 2.75) is 18.9 Å². The first-order valence-electron chi connectivity index (χ1n) is 4.96. The smallest absolute Gasteiger partial charge is 0.225 e. The predicted octanol–water partition coefficient (Wildman–Crippen LogP) is -2.02. The van der Waals surface area contributed by atoms with Crippen molar-refractivity contribution in [3.63, 3.8) is 0 Å². The first-order chi connectivity index (χ1) is 7.17. The minimum atomic E-state index is -0.616. The number of rotatable bonds is 4. The van der Waals surface area contributed by atoms with Crippen molar-refractivity contribution < 1.29 is 19.8 Å². The zero-order valence-electron chi connectivity index (χ0n) is 8.40. The van der Waals surface area contributed by atoms with E-state index in [0.717, 1.165) is 0 Å². The molecule has 4 N–H and O–H groups in total. The van der Waals surface area contributed by atoms with E-state index in [1.807, 2.05) is 0 Å². The van der Waals surface area contributed by atoms with Gasteiger partial charge in [0.1, 0.15) is 0 Å². The number of nitrogens with one attached hydrogen (secondary N) is 2. The molecule has 0 bridgehead atoms. The number of hydrogen-bond donors (Lipinski definition) is 4. The van der Waals surface area contributed by atoms with Gasteiger partial charge in [-0.25, -0.2) is 0 Å². The van der Waals surface area contributed by atoms with E-state index in [4.69, 9.17) is 10.2 Å². The van der Waals surface area contributed by atoms with Gasteiger partial charge in [-0.15, -0.1) is 0 Å². The van der Waals surface area contributed by atoms with Crippen LogP contribution in [-0.4, -0.2) is 47.8 Å². The van der Waals surface area contributed by atoms with Crippen LogP contribution in [0.1, 0.15) is 12.8 Å². The van der Waals surface area contributed by atoms with E-state index in [-0.39, 0.29) is 30.9 Å². The Morgan fingerprint density at radius 2 is 2.20 bits per heavy atom. The van der Waals surface area contributed by atoms with E-state index >= 15 is 0 Å². The highest BCUT2D eigenvalue weighted by Gasteiger charge is 2.25. The van der Waals surface area contributed by atoms with Crippen LogP contribution in [0.15, 0.2) is 0 Å². The molecule has 0 aliphatic carbocycles. The molecule has 0 aromatic heterocycles. The Morgan fingerprint density at radius 3 is 2.67 bits per heavy atom. The Bertz CT molecular complexity index is 230. The molecule has 0 spiro atoms. The average molecular weight is 216 g/mol. The third-order valence-electron chi connectivity index (χ3n) is 2.42. The maximum absolute atomic E-state index is 11.5. The van der Waals surface area contributed by atoms with Gasteiger partial charge >= 0.3 is 0 Å². The summed E-state index contributed by atoms with van der Waals surface area (Å²) in [5, 5.41) is 22.6. The standard InChI is InChI=1S/C9H16N2O4/c12-4-7(5-13)11-9(15)6-1-2-8(14)10-3-6/h6-7,12-13H,1-5H2,(H,10,14)(H,11,15). The third kappa shape index (κ3) is 3.49. The molecule has 1 rings (SSSR count). The van der Waals surface area contributed by atoms with Crippen LogP contribution in [-0.2, 0) is 9.59 Å². The lowest BCUT2D eigenvalue weighted by Crippen LogP contribution is -2.48. The molecule has 1 atom stereocenters. The van der Waals surface area contributed by atoms with Crippen molar-refractivity contribution in [2.24, 2.45) is 5.92 Å². The Labute approximate surface area is 87.7 Å². The lowest BCUT2D eigenvalue weighted by molar-refractivity contribution is -0.129. The van der Waals surface area contributed by atoms with Crippen molar-refractivity contribution >= 4 is 11.8 Å². The molecule has 6 nitrogen and oxygen atoms in total. The average Bonchev–Trinajstić information content (AvgIpc) is 2.26. The summed E-state index contributed by atoms with van der Waals surface area (Å²) >= 11 is 0. The molecule has 2 amide bonds. The number of aliphatic hydroxyl groups excluding tert-OH is 2. The van der Waals surface area contributed by atoms with Crippen LogP contribution in [0.2, 0.25) is 0 Å². The summed E-state index contributed by atoms with van der Waals surface area (Å²) in [6, 6.07) is -0.616. The molecule has 1 aliphatic heterocycles. The summed E-state index contributed by atoms with van der Waals surface area (Å²) in [7, 11) is 0. The molecular formula is C9H16N2O4. The maximum Gasteiger partial charge on any atom is 0.225 e. The van der Waals surface area contributed by atoms with E-state index in [1.165, 1.54) is 0 Å². The monoisotopic (exact) mass is 216 g/mol. The van der Waals surface area contributed by atoms with Crippen LogP contribution in [0.4, 0.5) is 0 Å². The molecule has 0 aromatic rings. The molecule has 1 heterocycles. The van der Waals surface area contributed by atoms with E-state index in [2.05, 4.69) is 10.6 Å². The van der Waals surface area contributed by atoms with Gasteiger partial charge in [0, 0.05) is 13.0 Å². The zero-order valence-corrected chi connectivity index (χ0v) is 8.40. The molecule has 1 aliphatic rings. The van der Waals surface area contributed by atoms with Gasteiger partial charge in [-0.3, -0.25) is 9.59 Å². The van der Waals surface area contributed by atoms with Gasteiger partial charge in [-0.1, -0.05) is 0 Å². The second kappa shape index (κ2) is 5.67. The summed E-state index contributed by atoms with van der Waals surface area (Å²) in [6.45, 7) is -0.253. The summed E-state index contributed by atoms with van der Waals surface area (Å²) in [6.07, 6.45) is 0.863. The number of amides is 2. The molecular weight excluding hydrogens is 200 g/mol. The summed E-state index contributed by atoms with van der Waals surface area (Å²) in [4.78, 5) is 22.4. The van der Waals surface area contributed by atoms with E-state index in [1.54, 1.807) is 0 Å². The highest BCUT2D eigenvalue weighted by atomic mass is 16.3. The fourth-order valence-electron chi connectivity index (χ4n) is 1.42. The van der Waals surface area contributed by atoms with Gasteiger partial charge in [0.25, 0.3) is 0 Å². The minimum absolute atomic E-state index is 0.0417. The first kappa shape index (κ1) is 11.9. The Kier molecular flexibility index (Phi) is 4.51. The molecule has 6 heteroatoms. The topological polar surface area (TPSA) is 98.7 Å². The van der Waals surface area contributed by atoms with Gasteiger partial charge in [0.15, 0.2) is 0 Å². The SMILES string of the molecule is O=C1CCC(C(=O)NC(CO)CO)CN1. The lowest BCUT2D eigenvalue weighted by atomic mass is 9.98. The second-order valence-corrected chi connectivity index (χ2v) is 3.61. The largest absolute Gasteiger partial charge is 0.394 e. The van der Waals surface area contributed by atoms with Gasteiger partial charge in [0.2, 0.25) is 11.8 Å². The van der Waals surface area contributed by atoms with Crippen molar-refractivity contribution in [3.8, 4) is 0 Å². The van der Waals surface area contributed by atoms with Crippen molar-refractivity contribution in [3.05, 3.63) is 0 Å². The fourth-order valence-corrected chi connectivity index (χ4v) is 1.42. The van der Waals surface area contributed by atoms with Gasteiger partial charge in [-0.05, 0) is 6.42 Å². The van der Waals surface area contributed by atoms with E-state index in [0.29, 0.717) is 19.4 Å². The number of aliphatic hydroxyl groups is 2. The minimum Gasteiger partial charge on any atom is -0.394 e. The number of carbonyl (C=O) groups excluding carboxylic acids is 2. The van der Waals surface area contributed by atoms with Gasteiger partial charge in [0.05, 0.1) is 25.2 Å². The lowest BCUT2D eigenvalue weighted by Gasteiger charge is -2.23. The normalized spacial score (nSPS) is 21.3. The Balaban J connectivity index is 2.36. The molecule has 0 saturated carbocycles. The van der Waals surface area contributed by atoms with Crippen LogP contribution in [0.5, 0.6) is 0 Å².